The molecule has 33 heavy (non-hydrogen) atoms. The SMILES string of the molecule is C[P+](c1ccccn1)(c1ccccn1)C1CCCC1[P+](C)(c1ccccn1)c1ccccn1. The van der Waals surface area contributed by atoms with Crippen molar-refractivity contribution in [2.24, 2.45) is 0 Å². The Morgan fingerprint density at radius 3 is 1.06 bits per heavy atom. The van der Waals surface area contributed by atoms with E-state index in [0.717, 1.165) is 0 Å². The van der Waals surface area contributed by atoms with Crippen LogP contribution in [0, 0.1) is 0 Å². The van der Waals surface area contributed by atoms with Crippen LogP contribution in [0.25, 0.3) is 0 Å². The topological polar surface area (TPSA) is 51.6 Å². The van der Waals surface area contributed by atoms with Crippen LogP contribution in [0.1, 0.15) is 19.3 Å². The number of hydrogen-bond acceptors (Lipinski definition) is 4. The molecule has 1 fully saturated rings. The molecule has 0 amide bonds. The van der Waals surface area contributed by atoms with Crippen LogP contribution in [0.15, 0.2) is 97.6 Å². The third-order valence-electron chi connectivity index (χ3n) is 7.27. The van der Waals surface area contributed by atoms with Crippen molar-refractivity contribution in [1.29, 1.82) is 0 Å². The van der Waals surface area contributed by atoms with E-state index < -0.39 is 14.5 Å². The maximum Gasteiger partial charge on any atom is 0.189 e. The van der Waals surface area contributed by atoms with Crippen molar-refractivity contribution in [3.8, 4) is 0 Å². The molecule has 4 heterocycles. The van der Waals surface area contributed by atoms with Crippen molar-refractivity contribution in [2.45, 2.75) is 30.6 Å². The third-order valence-corrected chi connectivity index (χ3v) is 16.3. The Kier molecular flexibility index (Phi) is 6.32. The molecule has 0 aliphatic heterocycles. The van der Waals surface area contributed by atoms with Crippen molar-refractivity contribution >= 4 is 36.3 Å². The summed E-state index contributed by atoms with van der Waals surface area (Å²) in [5, 5.41) is 0. The van der Waals surface area contributed by atoms with Crippen molar-refractivity contribution in [3.63, 3.8) is 0 Å². The minimum Gasteiger partial charge on any atom is -0.222 e. The van der Waals surface area contributed by atoms with Crippen molar-refractivity contribution in [1.82, 2.24) is 19.9 Å². The van der Waals surface area contributed by atoms with E-state index in [1.165, 1.54) is 41.0 Å². The standard InChI is InChI=1S/C27H30N4P2/c1-32(24-14-3-7-18-28-24,25-15-4-8-19-29-25)22-12-11-13-23(22)33(2,26-16-5-9-20-30-26)27-17-6-10-21-31-27/h3-10,14-23H,11-13H2,1-2H3/q+2. The molecule has 2 atom stereocenters. The van der Waals surface area contributed by atoms with Crippen LogP contribution >= 0.6 is 14.5 Å². The van der Waals surface area contributed by atoms with E-state index in [1.54, 1.807) is 0 Å². The molecule has 0 N–H and O–H groups in total. The number of aromatic nitrogens is 4. The first-order valence-electron chi connectivity index (χ1n) is 11.5. The number of rotatable bonds is 6. The lowest BCUT2D eigenvalue weighted by Crippen LogP contribution is -2.43. The molecule has 0 spiro atoms. The Labute approximate surface area is 197 Å². The van der Waals surface area contributed by atoms with Gasteiger partial charge in [0.15, 0.2) is 21.7 Å². The molecule has 0 aromatic carbocycles. The molecule has 0 radical (unpaired) electrons. The molecule has 5 rings (SSSR count). The minimum absolute atomic E-state index is 0.490. The summed E-state index contributed by atoms with van der Waals surface area (Å²) >= 11 is 0. The highest BCUT2D eigenvalue weighted by Gasteiger charge is 2.63. The quantitative estimate of drug-likeness (QED) is 0.397. The second-order valence-electron chi connectivity index (χ2n) is 8.97. The monoisotopic (exact) mass is 472 g/mol. The Morgan fingerprint density at radius 2 is 0.818 bits per heavy atom. The molecule has 1 aliphatic carbocycles. The molecular weight excluding hydrogens is 442 g/mol. The molecule has 4 nitrogen and oxygen atoms in total. The van der Waals surface area contributed by atoms with E-state index in [-0.39, 0.29) is 0 Å². The lowest BCUT2D eigenvalue weighted by molar-refractivity contribution is 0.886. The molecule has 4 aromatic rings. The smallest absolute Gasteiger partial charge is 0.189 e. The lowest BCUT2D eigenvalue weighted by atomic mass is 10.4. The number of pyridine rings is 4. The van der Waals surface area contributed by atoms with Gasteiger partial charge < -0.3 is 0 Å². The van der Waals surface area contributed by atoms with Gasteiger partial charge in [-0.3, -0.25) is 0 Å². The fourth-order valence-corrected chi connectivity index (χ4v) is 14.9. The summed E-state index contributed by atoms with van der Waals surface area (Å²) in [7, 11) is -3.73. The Balaban J connectivity index is 1.70. The third kappa shape index (κ3) is 3.90. The first-order chi connectivity index (χ1) is 16.1. The van der Waals surface area contributed by atoms with Gasteiger partial charge in [0.1, 0.15) is 25.8 Å². The zero-order valence-electron chi connectivity index (χ0n) is 19.2. The minimum atomic E-state index is -1.87. The van der Waals surface area contributed by atoms with E-state index in [1.807, 2.05) is 49.1 Å². The zero-order valence-corrected chi connectivity index (χ0v) is 21.0. The predicted molar refractivity (Wildman–Crippen MR) is 143 cm³/mol. The van der Waals surface area contributed by atoms with Gasteiger partial charge in [0, 0.05) is 49.1 Å². The van der Waals surface area contributed by atoms with E-state index in [4.69, 9.17) is 19.9 Å². The van der Waals surface area contributed by atoms with Crippen LogP contribution in [0.3, 0.4) is 0 Å². The number of nitrogens with zero attached hydrogens (tertiary/aromatic N) is 4. The number of hydrogen-bond donors (Lipinski definition) is 0. The summed E-state index contributed by atoms with van der Waals surface area (Å²) in [4.78, 5) is 19.7. The van der Waals surface area contributed by atoms with Gasteiger partial charge in [0.05, 0.1) is 13.3 Å². The first kappa shape index (κ1) is 22.3. The second-order valence-corrected chi connectivity index (χ2v) is 16.4. The summed E-state index contributed by atoms with van der Waals surface area (Å²) in [6.07, 6.45) is 11.4. The summed E-state index contributed by atoms with van der Waals surface area (Å²) in [5.41, 5.74) is 5.79. The fourth-order valence-electron chi connectivity index (χ4n) is 5.55. The summed E-state index contributed by atoms with van der Waals surface area (Å²) < 4.78 is 0. The maximum atomic E-state index is 4.92. The normalized spacial score (nSPS) is 18.8. The van der Waals surface area contributed by atoms with Gasteiger partial charge in [-0.25, -0.2) is 19.9 Å². The van der Waals surface area contributed by atoms with Gasteiger partial charge in [-0.15, -0.1) is 0 Å². The molecule has 0 saturated heterocycles. The van der Waals surface area contributed by atoms with Gasteiger partial charge in [0.25, 0.3) is 0 Å². The summed E-state index contributed by atoms with van der Waals surface area (Å²) in [5.74, 6) is 0. The summed E-state index contributed by atoms with van der Waals surface area (Å²) in [6, 6.07) is 25.4. The Hall–Kier alpha value is -2.54. The molecule has 4 aromatic heterocycles. The van der Waals surface area contributed by atoms with Crippen LogP contribution in [-0.4, -0.2) is 44.6 Å². The van der Waals surface area contributed by atoms with E-state index in [0.29, 0.717) is 11.3 Å². The largest absolute Gasteiger partial charge is 0.222 e. The van der Waals surface area contributed by atoms with Gasteiger partial charge in [-0.2, -0.15) is 0 Å². The average Bonchev–Trinajstić information content (AvgIpc) is 3.41. The van der Waals surface area contributed by atoms with Gasteiger partial charge in [-0.1, -0.05) is 24.3 Å². The molecule has 2 unspecified atom stereocenters. The van der Waals surface area contributed by atoms with Crippen LogP contribution in [0.4, 0.5) is 0 Å². The summed E-state index contributed by atoms with van der Waals surface area (Å²) in [6.45, 7) is 4.92. The highest BCUT2D eigenvalue weighted by Crippen LogP contribution is 2.71. The van der Waals surface area contributed by atoms with Crippen LogP contribution < -0.4 is 21.7 Å². The van der Waals surface area contributed by atoms with Gasteiger partial charge >= 0.3 is 0 Å². The Morgan fingerprint density at radius 1 is 0.515 bits per heavy atom. The molecule has 1 aliphatic rings. The highest BCUT2D eigenvalue weighted by molar-refractivity contribution is 7.92. The van der Waals surface area contributed by atoms with E-state index in [9.17, 15) is 0 Å². The van der Waals surface area contributed by atoms with Gasteiger partial charge in [0.2, 0.25) is 0 Å². The zero-order chi connectivity index (χ0) is 22.7. The average molecular weight is 473 g/mol. The highest BCUT2D eigenvalue weighted by atomic mass is 31.2. The van der Waals surface area contributed by atoms with Crippen LogP contribution in [0.5, 0.6) is 0 Å². The molecule has 1 saturated carbocycles. The lowest BCUT2D eigenvalue weighted by Gasteiger charge is -2.35. The van der Waals surface area contributed by atoms with Crippen molar-refractivity contribution < 1.29 is 0 Å². The predicted octanol–water partition coefficient (Wildman–Crippen LogP) is 4.08. The molecule has 166 valence electrons. The van der Waals surface area contributed by atoms with E-state index >= 15 is 0 Å². The fraction of sp³-hybridized carbons (Fsp3) is 0.259. The molecule has 0 bridgehead atoms. The van der Waals surface area contributed by atoms with Gasteiger partial charge in [-0.05, 0) is 43.5 Å². The van der Waals surface area contributed by atoms with Crippen LogP contribution in [0.2, 0.25) is 0 Å². The first-order valence-corrected chi connectivity index (χ1v) is 16.1. The molecular formula is C27H30N4P2+2. The van der Waals surface area contributed by atoms with Crippen molar-refractivity contribution in [3.05, 3.63) is 97.6 Å². The van der Waals surface area contributed by atoms with E-state index in [2.05, 4.69) is 61.9 Å². The molecule has 6 heteroatoms. The maximum absolute atomic E-state index is 4.92. The van der Waals surface area contributed by atoms with Crippen LogP contribution in [-0.2, 0) is 0 Å². The second kappa shape index (κ2) is 9.37. The Bertz CT molecular complexity index is 1000. The van der Waals surface area contributed by atoms with Crippen molar-refractivity contribution in [2.75, 3.05) is 13.3 Å².